The lowest BCUT2D eigenvalue weighted by Crippen LogP contribution is -2.41. The summed E-state index contributed by atoms with van der Waals surface area (Å²) in [6, 6.07) is 6.19. The van der Waals surface area contributed by atoms with Crippen LogP contribution in [0.4, 0.5) is 0 Å². The average Bonchev–Trinajstić information content (AvgIpc) is 2.80. The van der Waals surface area contributed by atoms with Crippen molar-refractivity contribution in [1.82, 2.24) is 5.32 Å². The summed E-state index contributed by atoms with van der Waals surface area (Å²) in [7, 11) is 0. The zero-order valence-electron chi connectivity index (χ0n) is 14.3. The van der Waals surface area contributed by atoms with Crippen molar-refractivity contribution >= 4 is 11.9 Å². The summed E-state index contributed by atoms with van der Waals surface area (Å²) in [5.74, 6) is 0.622. The van der Waals surface area contributed by atoms with Crippen molar-refractivity contribution in [2.45, 2.75) is 52.0 Å². The average molecular weight is 305 g/mol. The van der Waals surface area contributed by atoms with Crippen molar-refractivity contribution in [3.8, 4) is 0 Å². The lowest BCUT2D eigenvalue weighted by Gasteiger charge is -2.38. The van der Waals surface area contributed by atoms with Crippen molar-refractivity contribution in [1.29, 1.82) is 0 Å². The third-order valence-corrected chi connectivity index (χ3v) is 5.34. The molecule has 23 heavy (non-hydrogen) atoms. The molecule has 1 atom stereocenters. The highest BCUT2D eigenvalue weighted by Gasteiger charge is 2.35. The highest BCUT2D eigenvalue weighted by Crippen LogP contribution is 2.49. The summed E-state index contributed by atoms with van der Waals surface area (Å²) in [5.41, 5.74) is 9.23. The Balaban J connectivity index is 1.73. The number of Topliss-reactive ketones (excluding diaryl/α,β-unsaturated/α-hetero) is 1. The SMILES string of the molecule is CC(=O)c1ccc2c(c1)C=C1CC3=C(CC12)C(C)=CC(C)(C)N3. The number of allylic oxidation sites excluding steroid dienone is 3. The van der Waals surface area contributed by atoms with Gasteiger partial charge in [0.05, 0.1) is 5.54 Å². The van der Waals surface area contributed by atoms with Crippen molar-refractivity contribution in [3.63, 3.8) is 0 Å². The van der Waals surface area contributed by atoms with Gasteiger partial charge in [-0.2, -0.15) is 0 Å². The van der Waals surface area contributed by atoms with Gasteiger partial charge in [0.2, 0.25) is 0 Å². The molecule has 118 valence electrons. The second-order valence-electron chi connectivity index (χ2n) is 7.68. The second-order valence-corrected chi connectivity index (χ2v) is 7.68. The Labute approximate surface area is 138 Å². The molecule has 0 saturated carbocycles. The number of nitrogens with one attached hydrogen (secondary N) is 1. The van der Waals surface area contributed by atoms with E-state index in [1.54, 1.807) is 6.92 Å². The predicted octanol–water partition coefficient (Wildman–Crippen LogP) is 4.75. The number of hydrogen-bond acceptors (Lipinski definition) is 2. The number of hydrogen-bond donors (Lipinski definition) is 1. The minimum atomic E-state index is 0.0313. The molecule has 1 aliphatic heterocycles. The molecule has 0 amide bonds. The standard InChI is InChI=1S/C21H23NO/c1-12-11-21(3,4)22-20-9-16-8-15-7-14(13(2)23)5-6-17(15)19(16)10-18(12)20/h5-8,11,19,22H,9-10H2,1-4H3. The van der Waals surface area contributed by atoms with E-state index in [4.69, 9.17) is 0 Å². The summed E-state index contributed by atoms with van der Waals surface area (Å²) in [5, 5.41) is 3.70. The van der Waals surface area contributed by atoms with Crippen LogP contribution in [0.15, 0.2) is 46.7 Å². The molecular formula is C21H23NO. The molecule has 2 heteroatoms. The normalized spacial score (nSPS) is 24.1. The van der Waals surface area contributed by atoms with Crippen LogP contribution in [0.2, 0.25) is 0 Å². The highest BCUT2D eigenvalue weighted by atomic mass is 16.1. The minimum absolute atomic E-state index is 0.0313. The topological polar surface area (TPSA) is 29.1 Å². The fourth-order valence-electron chi connectivity index (χ4n) is 4.36. The molecule has 2 aliphatic carbocycles. The molecule has 4 rings (SSSR count). The maximum Gasteiger partial charge on any atom is 0.159 e. The van der Waals surface area contributed by atoms with Gasteiger partial charge in [-0.15, -0.1) is 0 Å². The molecular weight excluding hydrogens is 282 g/mol. The maximum atomic E-state index is 11.6. The van der Waals surface area contributed by atoms with E-state index >= 15 is 0 Å². The van der Waals surface area contributed by atoms with Gasteiger partial charge < -0.3 is 5.32 Å². The molecule has 0 radical (unpaired) electrons. The molecule has 1 unspecified atom stereocenters. The Morgan fingerprint density at radius 2 is 2.09 bits per heavy atom. The largest absolute Gasteiger partial charge is 0.379 e. The highest BCUT2D eigenvalue weighted by molar-refractivity contribution is 5.95. The molecule has 1 heterocycles. The van der Waals surface area contributed by atoms with E-state index in [-0.39, 0.29) is 11.3 Å². The first-order valence-corrected chi connectivity index (χ1v) is 8.39. The Morgan fingerprint density at radius 1 is 1.30 bits per heavy atom. The van der Waals surface area contributed by atoms with Crippen LogP contribution in [-0.2, 0) is 0 Å². The Bertz CT molecular complexity index is 820. The van der Waals surface area contributed by atoms with Crippen LogP contribution in [0.25, 0.3) is 6.08 Å². The van der Waals surface area contributed by atoms with Gasteiger partial charge in [0.15, 0.2) is 5.78 Å². The molecule has 0 bridgehead atoms. The van der Waals surface area contributed by atoms with Crippen LogP contribution >= 0.6 is 0 Å². The quantitative estimate of drug-likeness (QED) is 0.759. The molecule has 2 nitrogen and oxygen atoms in total. The smallest absolute Gasteiger partial charge is 0.159 e. The van der Waals surface area contributed by atoms with Crippen molar-refractivity contribution in [2.75, 3.05) is 0 Å². The molecule has 1 aromatic carbocycles. The zero-order chi connectivity index (χ0) is 16.4. The molecule has 3 aliphatic rings. The monoisotopic (exact) mass is 305 g/mol. The molecule has 0 aromatic heterocycles. The lowest BCUT2D eigenvalue weighted by atomic mass is 9.76. The van der Waals surface area contributed by atoms with Crippen molar-refractivity contribution in [3.05, 3.63) is 63.4 Å². The fraction of sp³-hybridized carbons (Fsp3) is 0.381. The first-order valence-electron chi connectivity index (χ1n) is 8.39. The van der Waals surface area contributed by atoms with E-state index in [0.29, 0.717) is 5.92 Å². The molecule has 1 N–H and O–H groups in total. The summed E-state index contributed by atoms with van der Waals surface area (Å²) in [4.78, 5) is 11.6. The van der Waals surface area contributed by atoms with Crippen LogP contribution < -0.4 is 5.32 Å². The van der Waals surface area contributed by atoms with E-state index in [0.717, 1.165) is 18.4 Å². The molecule has 0 saturated heterocycles. The molecule has 0 spiro atoms. The number of carbonyl (C=O) groups excluding carboxylic acids is 1. The molecule has 0 fully saturated rings. The first-order chi connectivity index (χ1) is 10.8. The van der Waals surface area contributed by atoms with Crippen LogP contribution in [0.3, 0.4) is 0 Å². The lowest BCUT2D eigenvalue weighted by molar-refractivity contribution is 0.101. The van der Waals surface area contributed by atoms with Crippen LogP contribution in [0.1, 0.15) is 67.9 Å². The Morgan fingerprint density at radius 3 is 2.83 bits per heavy atom. The minimum Gasteiger partial charge on any atom is -0.379 e. The number of carbonyl (C=O) groups is 1. The summed E-state index contributed by atoms with van der Waals surface area (Å²) in [6.07, 6.45) is 6.71. The maximum absolute atomic E-state index is 11.6. The van der Waals surface area contributed by atoms with Crippen molar-refractivity contribution < 1.29 is 4.79 Å². The Hall–Kier alpha value is -2.09. The van der Waals surface area contributed by atoms with Crippen LogP contribution in [0, 0.1) is 0 Å². The first kappa shape index (κ1) is 14.5. The van der Waals surface area contributed by atoms with Crippen LogP contribution in [-0.4, -0.2) is 11.3 Å². The third kappa shape index (κ3) is 2.28. The molecule has 1 aromatic rings. The van der Waals surface area contributed by atoms with Gasteiger partial charge in [-0.05, 0) is 62.5 Å². The van der Waals surface area contributed by atoms with Crippen molar-refractivity contribution in [2.24, 2.45) is 0 Å². The van der Waals surface area contributed by atoms with Gasteiger partial charge in [-0.25, -0.2) is 0 Å². The number of fused-ring (bicyclic) bond motifs is 3. The van der Waals surface area contributed by atoms with E-state index in [1.807, 2.05) is 6.07 Å². The number of ketones is 1. The number of rotatable bonds is 1. The van der Waals surface area contributed by atoms with E-state index in [2.05, 4.69) is 50.4 Å². The van der Waals surface area contributed by atoms with Gasteiger partial charge in [0.25, 0.3) is 0 Å². The van der Waals surface area contributed by atoms with E-state index in [1.165, 1.54) is 33.5 Å². The predicted molar refractivity (Wildman–Crippen MR) is 94.4 cm³/mol. The van der Waals surface area contributed by atoms with E-state index in [9.17, 15) is 4.79 Å². The van der Waals surface area contributed by atoms with Gasteiger partial charge in [-0.3, -0.25) is 4.79 Å². The van der Waals surface area contributed by atoms with Gasteiger partial charge in [0.1, 0.15) is 0 Å². The second kappa shape index (κ2) is 4.70. The number of benzene rings is 1. The van der Waals surface area contributed by atoms with Crippen LogP contribution in [0.5, 0.6) is 0 Å². The van der Waals surface area contributed by atoms with Gasteiger partial charge >= 0.3 is 0 Å². The summed E-state index contributed by atoms with van der Waals surface area (Å²) < 4.78 is 0. The number of dihydropyridines is 1. The fourth-order valence-corrected chi connectivity index (χ4v) is 4.36. The van der Waals surface area contributed by atoms with E-state index < -0.39 is 0 Å². The third-order valence-electron chi connectivity index (χ3n) is 5.34. The summed E-state index contributed by atoms with van der Waals surface area (Å²) >= 11 is 0. The zero-order valence-corrected chi connectivity index (χ0v) is 14.3. The summed E-state index contributed by atoms with van der Waals surface area (Å²) in [6.45, 7) is 8.32. The van der Waals surface area contributed by atoms with Gasteiger partial charge in [0, 0.05) is 23.6 Å². The van der Waals surface area contributed by atoms with Gasteiger partial charge in [-0.1, -0.05) is 29.9 Å². The Kier molecular flexibility index (Phi) is 2.96.